The highest BCUT2D eigenvalue weighted by Gasteiger charge is 2.25. The third-order valence-electron chi connectivity index (χ3n) is 4.69. The molecule has 1 fully saturated rings. The van der Waals surface area contributed by atoms with Gasteiger partial charge in [0, 0.05) is 11.5 Å². The van der Waals surface area contributed by atoms with Gasteiger partial charge in [0.25, 0.3) is 0 Å². The number of anilines is 1. The van der Waals surface area contributed by atoms with Crippen molar-refractivity contribution >= 4 is 11.6 Å². The number of nitrogens with zero attached hydrogens (tertiary/aromatic N) is 5. The zero-order valence-corrected chi connectivity index (χ0v) is 13.4. The van der Waals surface area contributed by atoms with E-state index in [2.05, 4.69) is 22.0 Å². The van der Waals surface area contributed by atoms with Gasteiger partial charge >= 0.3 is 0 Å². The standard InChI is InChI=1S/C16H20N6O/c1-9-4-3-5-11(8-9)13-20-14-10(2)12(15-18-6-7-23-15)19-16(17)22(14)21-13/h6-7,9,11H,3-5,8H2,1-2H3,(H2,17,19)/t9?,11-/m0/s1. The first-order valence-corrected chi connectivity index (χ1v) is 8.06. The van der Waals surface area contributed by atoms with E-state index in [0.29, 0.717) is 23.5 Å². The fourth-order valence-electron chi connectivity index (χ4n) is 3.47. The second kappa shape index (κ2) is 5.33. The maximum Gasteiger partial charge on any atom is 0.245 e. The maximum absolute atomic E-state index is 6.08. The van der Waals surface area contributed by atoms with Crippen LogP contribution in [0.5, 0.6) is 0 Å². The molecular formula is C16H20N6O. The van der Waals surface area contributed by atoms with Gasteiger partial charge in [0.2, 0.25) is 11.8 Å². The van der Waals surface area contributed by atoms with Gasteiger partial charge in [-0.05, 0) is 25.7 Å². The summed E-state index contributed by atoms with van der Waals surface area (Å²) in [4.78, 5) is 13.3. The minimum atomic E-state index is 0.307. The monoisotopic (exact) mass is 312 g/mol. The average Bonchev–Trinajstić information content (AvgIpc) is 3.20. The Morgan fingerprint density at radius 3 is 2.91 bits per heavy atom. The first-order chi connectivity index (χ1) is 11.1. The van der Waals surface area contributed by atoms with E-state index in [1.165, 1.54) is 19.1 Å². The lowest BCUT2D eigenvalue weighted by atomic mass is 9.82. The van der Waals surface area contributed by atoms with Crippen LogP contribution in [-0.4, -0.2) is 24.6 Å². The first kappa shape index (κ1) is 14.2. The van der Waals surface area contributed by atoms with Crippen LogP contribution >= 0.6 is 0 Å². The largest absolute Gasteiger partial charge is 0.443 e. The molecule has 2 N–H and O–H groups in total. The van der Waals surface area contributed by atoms with Crippen molar-refractivity contribution in [2.75, 3.05) is 5.73 Å². The van der Waals surface area contributed by atoms with Crippen LogP contribution in [-0.2, 0) is 0 Å². The Labute approximate surface area is 134 Å². The molecule has 0 saturated heterocycles. The average molecular weight is 312 g/mol. The van der Waals surface area contributed by atoms with Gasteiger partial charge < -0.3 is 10.2 Å². The lowest BCUT2D eigenvalue weighted by Crippen LogP contribution is -2.13. The summed E-state index contributed by atoms with van der Waals surface area (Å²) < 4.78 is 6.99. The van der Waals surface area contributed by atoms with E-state index >= 15 is 0 Å². The maximum atomic E-state index is 6.08. The molecule has 2 atom stereocenters. The Bertz CT molecular complexity index is 838. The van der Waals surface area contributed by atoms with E-state index in [9.17, 15) is 0 Å². The predicted molar refractivity (Wildman–Crippen MR) is 85.8 cm³/mol. The molecule has 7 heteroatoms. The van der Waals surface area contributed by atoms with Crippen molar-refractivity contribution in [3.05, 3.63) is 23.8 Å². The van der Waals surface area contributed by atoms with Crippen LogP contribution in [0.3, 0.4) is 0 Å². The molecule has 3 aromatic rings. The molecule has 23 heavy (non-hydrogen) atoms. The van der Waals surface area contributed by atoms with Gasteiger partial charge in [0.1, 0.15) is 12.0 Å². The smallest absolute Gasteiger partial charge is 0.245 e. The number of aromatic nitrogens is 5. The molecule has 0 aromatic carbocycles. The van der Waals surface area contributed by atoms with Gasteiger partial charge in [-0.1, -0.05) is 19.8 Å². The van der Waals surface area contributed by atoms with Gasteiger partial charge in [-0.3, -0.25) is 0 Å². The summed E-state index contributed by atoms with van der Waals surface area (Å²) in [6.45, 7) is 4.24. The van der Waals surface area contributed by atoms with E-state index in [1.54, 1.807) is 10.7 Å². The second-order valence-corrected chi connectivity index (χ2v) is 6.45. The predicted octanol–water partition coefficient (Wildman–Crippen LogP) is 2.96. The van der Waals surface area contributed by atoms with Crippen LogP contribution < -0.4 is 5.73 Å². The summed E-state index contributed by atoms with van der Waals surface area (Å²) in [5.41, 5.74) is 8.32. The minimum absolute atomic E-state index is 0.307. The molecule has 0 amide bonds. The van der Waals surface area contributed by atoms with E-state index in [4.69, 9.17) is 15.1 Å². The fraction of sp³-hybridized carbons (Fsp3) is 0.500. The van der Waals surface area contributed by atoms with Crippen molar-refractivity contribution in [3.8, 4) is 11.6 Å². The minimum Gasteiger partial charge on any atom is -0.443 e. The molecule has 1 aliphatic carbocycles. The molecule has 3 heterocycles. The number of nitrogen functional groups attached to an aromatic ring is 1. The van der Waals surface area contributed by atoms with E-state index < -0.39 is 0 Å². The number of aryl methyl sites for hydroxylation is 1. The van der Waals surface area contributed by atoms with Crippen molar-refractivity contribution in [1.29, 1.82) is 0 Å². The number of nitrogens with two attached hydrogens (primary N) is 1. The van der Waals surface area contributed by atoms with Crippen molar-refractivity contribution < 1.29 is 4.42 Å². The summed E-state index contributed by atoms with van der Waals surface area (Å²) >= 11 is 0. The number of fused-ring (bicyclic) bond motifs is 1. The Balaban J connectivity index is 1.82. The highest BCUT2D eigenvalue weighted by atomic mass is 16.3. The van der Waals surface area contributed by atoms with E-state index in [-0.39, 0.29) is 0 Å². The Kier molecular flexibility index (Phi) is 3.28. The summed E-state index contributed by atoms with van der Waals surface area (Å²) in [7, 11) is 0. The van der Waals surface area contributed by atoms with Crippen LogP contribution in [0, 0.1) is 12.8 Å². The molecule has 0 bridgehead atoms. The van der Waals surface area contributed by atoms with Gasteiger partial charge in [-0.25, -0.2) is 15.0 Å². The third-order valence-corrected chi connectivity index (χ3v) is 4.69. The number of rotatable bonds is 2. The highest BCUT2D eigenvalue weighted by Crippen LogP contribution is 2.35. The topological polar surface area (TPSA) is 95.1 Å². The van der Waals surface area contributed by atoms with Crippen molar-refractivity contribution in [3.63, 3.8) is 0 Å². The molecule has 7 nitrogen and oxygen atoms in total. The van der Waals surface area contributed by atoms with Gasteiger partial charge in [0.15, 0.2) is 11.5 Å². The normalized spacial score (nSPS) is 21.8. The lowest BCUT2D eigenvalue weighted by molar-refractivity contribution is 0.335. The van der Waals surface area contributed by atoms with Crippen LogP contribution in [0.15, 0.2) is 16.9 Å². The van der Waals surface area contributed by atoms with Crippen LogP contribution in [0.25, 0.3) is 17.2 Å². The highest BCUT2D eigenvalue weighted by molar-refractivity contribution is 5.65. The molecule has 0 radical (unpaired) electrons. The number of hydrogen-bond donors (Lipinski definition) is 1. The quantitative estimate of drug-likeness (QED) is 0.781. The molecule has 1 aliphatic rings. The molecule has 1 unspecified atom stereocenters. The van der Waals surface area contributed by atoms with Crippen LogP contribution in [0.1, 0.15) is 49.9 Å². The number of oxazole rings is 1. The second-order valence-electron chi connectivity index (χ2n) is 6.45. The molecular weight excluding hydrogens is 292 g/mol. The fourth-order valence-corrected chi connectivity index (χ4v) is 3.47. The molecule has 0 aliphatic heterocycles. The summed E-state index contributed by atoms with van der Waals surface area (Å²) in [6, 6.07) is 0. The SMILES string of the molecule is Cc1c(-c2ncco2)nc(N)n2nc([C@H]3CCCC(C)C3)nc12. The summed E-state index contributed by atoms with van der Waals surface area (Å²) in [5.74, 6) is 2.76. The Morgan fingerprint density at radius 2 is 2.17 bits per heavy atom. The van der Waals surface area contributed by atoms with Crippen LogP contribution in [0.4, 0.5) is 5.95 Å². The number of hydrogen-bond acceptors (Lipinski definition) is 6. The van der Waals surface area contributed by atoms with Gasteiger partial charge in [-0.2, -0.15) is 4.52 Å². The van der Waals surface area contributed by atoms with Crippen molar-refractivity contribution in [2.45, 2.75) is 45.4 Å². The molecule has 4 rings (SSSR count). The summed E-state index contributed by atoms with van der Waals surface area (Å²) in [6.07, 6.45) is 7.91. The lowest BCUT2D eigenvalue weighted by Gasteiger charge is -2.24. The zero-order chi connectivity index (χ0) is 16.0. The zero-order valence-electron chi connectivity index (χ0n) is 13.4. The molecule has 3 aromatic heterocycles. The first-order valence-electron chi connectivity index (χ1n) is 8.06. The van der Waals surface area contributed by atoms with E-state index in [0.717, 1.165) is 35.8 Å². The Morgan fingerprint density at radius 1 is 1.30 bits per heavy atom. The third kappa shape index (κ3) is 2.36. The molecule has 1 saturated carbocycles. The van der Waals surface area contributed by atoms with Crippen LogP contribution in [0.2, 0.25) is 0 Å². The Hall–Kier alpha value is -2.44. The van der Waals surface area contributed by atoms with Crippen molar-refractivity contribution in [2.24, 2.45) is 5.92 Å². The van der Waals surface area contributed by atoms with Gasteiger partial charge in [0.05, 0.1) is 6.20 Å². The van der Waals surface area contributed by atoms with Crippen molar-refractivity contribution in [1.82, 2.24) is 24.6 Å². The molecule has 120 valence electrons. The summed E-state index contributed by atoms with van der Waals surface area (Å²) in [5, 5.41) is 4.62. The molecule has 0 spiro atoms. The van der Waals surface area contributed by atoms with E-state index in [1.807, 2.05) is 6.92 Å². The van der Waals surface area contributed by atoms with Gasteiger partial charge in [-0.15, -0.1) is 5.10 Å².